The lowest BCUT2D eigenvalue weighted by atomic mass is 10.1. The molecule has 1 N–H and O–H groups in total. The summed E-state index contributed by atoms with van der Waals surface area (Å²) in [6.45, 7) is 7.24. The second-order valence-electron chi connectivity index (χ2n) is 7.13. The first-order chi connectivity index (χ1) is 13.8. The van der Waals surface area contributed by atoms with Crippen molar-refractivity contribution in [3.8, 4) is 5.75 Å². The van der Waals surface area contributed by atoms with Crippen molar-refractivity contribution in [3.63, 3.8) is 0 Å². The SMILES string of the molecule is Cc1ccc(C)c(OCNC(=O)N2CCN(S(=O)(=O)c3ccccc3)CC2)c1C. The summed E-state index contributed by atoms with van der Waals surface area (Å²) in [6, 6.07) is 12.1. The number of carbonyl (C=O) groups excluding carboxylic acids is 1. The molecule has 8 heteroatoms. The van der Waals surface area contributed by atoms with Crippen LogP contribution in [0.25, 0.3) is 0 Å². The molecule has 0 aliphatic carbocycles. The van der Waals surface area contributed by atoms with Crippen LogP contribution in [-0.4, -0.2) is 56.6 Å². The van der Waals surface area contributed by atoms with E-state index in [0.717, 1.165) is 22.4 Å². The zero-order chi connectivity index (χ0) is 21.0. The Bertz CT molecular complexity index is 969. The Balaban J connectivity index is 1.51. The van der Waals surface area contributed by atoms with E-state index < -0.39 is 10.0 Å². The molecule has 0 bridgehead atoms. The third kappa shape index (κ3) is 4.71. The third-order valence-electron chi connectivity index (χ3n) is 5.22. The average molecular weight is 418 g/mol. The fourth-order valence-corrected chi connectivity index (χ4v) is 4.75. The first kappa shape index (κ1) is 21.1. The summed E-state index contributed by atoms with van der Waals surface area (Å²) >= 11 is 0. The summed E-state index contributed by atoms with van der Waals surface area (Å²) < 4.78 is 32.5. The predicted molar refractivity (Wildman–Crippen MR) is 111 cm³/mol. The minimum absolute atomic E-state index is 0.0620. The normalized spacial score (nSPS) is 15.2. The first-order valence-corrected chi connectivity index (χ1v) is 11.0. The van der Waals surface area contributed by atoms with E-state index in [9.17, 15) is 13.2 Å². The van der Waals surface area contributed by atoms with E-state index in [2.05, 4.69) is 5.32 Å². The zero-order valence-electron chi connectivity index (χ0n) is 17.0. The highest BCUT2D eigenvalue weighted by Gasteiger charge is 2.29. The second-order valence-corrected chi connectivity index (χ2v) is 9.07. The smallest absolute Gasteiger partial charge is 0.320 e. The molecule has 1 aliphatic heterocycles. The monoisotopic (exact) mass is 417 g/mol. The van der Waals surface area contributed by atoms with Crippen molar-refractivity contribution in [2.75, 3.05) is 32.9 Å². The molecule has 0 atom stereocenters. The number of hydrogen-bond donors (Lipinski definition) is 1. The van der Waals surface area contributed by atoms with Gasteiger partial charge in [-0.25, -0.2) is 13.2 Å². The van der Waals surface area contributed by atoms with E-state index in [-0.39, 0.29) is 30.7 Å². The van der Waals surface area contributed by atoms with Crippen molar-refractivity contribution in [3.05, 3.63) is 59.2 Å². The average Bonchev–Trinajstić information content (AvgIpc) is 2.74. The molecular weight excluding hydrogens is 390 g/mol. The van der Waals surface area contributed by atoms with Gasteiger partial charge in [-0.15, -0.1) is 0 Å². The zero-order valence-corrected chi connectivity index (χ0v) is 17.8. The molecular formula is C21H27N3O4S. The van der Waals surface area contributed by atoms with E-state index in [1.165, 1.54) is 4.31 Å². The fraction of sp³-hybridized carbons (Fsp3) is 0.381. The number of urea groups is 1. The summed E-state index contributed by atoms with van der Waals surface area (Å²) in [5, 5.41) is 2.76. The number of aryl methyl sites for hydroxylation is 2. The molecule has 3 rings (SSSR count). The van der Waals surface area contributed by atoms with Crippen LogP contribution in [0.5, 0.6) is 5.75 Å². The van der Waals surface area contributed by atoms with E-state index in [0.29, 0.717) is 13.1 Å². The minimum atomic E-state index is -3.53. The van der Waals surface area contributed by atoms with Crippen molar-refractivity contribution in [1.29, 1.82) is 0 Å². The number of sulfonamides is 1. The van der Waals surface area contributed by atoms with Gasteiger partial charge in [-0.05, 0) is 49.6 Å². The summed E-state index contributed by atoms with van der Waals surface area (Å²) in [4.78, 5) is 14.3. The standard InChI is InChI=1S/C21H27N3O4S/c1-16-9-10-17(2)20(18(16)3)28-15-22-21(25)23-11-13-24(14-12-23)29(26,27)19-7-5-4-6-8-19/h4-10H,11-15H2,1-3H3,(H,22,25). The van der Waals surface area contributed by atoms with Crippen LogP contribution in [0.4, 0.5) is 4.79 Å². The van der Waals surface area contributed by atoms with Crippen LogP contribution < -0.4 is 10.1 Å². The molecule has 2 amide bonds. The van der Waals surface area contributed by atoms with E-state index in [4.69, 9.17) is 4.74 Å². The summed E-state index contributed by atoms with van der Waals surface area (Å²) in [5.74, 6) is 0.782. The number of piperazine rings is 1. The van der Waals surface area contributed by atoms with E-state index in [1.807, 2.05) is 32.9 Å². The molecule has 2 aromatic carbocycles. The maximum absolute atomic E-state index is 12.7. The van der Waals surface area contributed by atoms with Gasteiger partial charge in [0, 0.05) is 26.2 Å². The number of rotatable bonds is 5. The Morgan fingerprint density at radius 1 is 0.966 bits per heavy atom. The topological polar surface area (TPSA) is 79.0 Å². The molecule has 1 fully saturated rings. The van der Waals surface area contributed by atoms with Crippen LogP contribution >= 0.6 is 0 Å². The first-order valence-electron chi connectivity index (χ1n) is 9.58. The molecule has 0 aromatic heterocycles. The summed E-state index contributed by atoms with van der Waals surface area (Å²) in [6.07, 6.45) is 0. The molecule has 29 heavy (non-hydrogen) atoms. The number of amides is 2. The number of hydrogen-bond acceptors (Lipinski definition) is 4. The van der Waals surface area contributed by atoms with Crippen molar-refractivity contribution in [1.82, 2.24) is 14.5 Å². The molecule has 2 aromatic rings. The molecule has 1 heterocycles. The van der Waals surface area contributed by atoms with Crippen molar-refractivity contribution in [2.24, 2.45) is 0 Å². The van der Waals surface area contributed by atoms with Gasteiger partial charge < -0.3 is 15.0 Å². The van der Waals surface area contributed by atoms with Gasteiger partial charge in [0.1, 0.15) is 5.75 Å². The van der Waals surface area contributed by atoms with Crippen LogP contribution in [0.2, 0.25) is 0 Å². The lowest BCUT2D eigenvalue weighted by Crippen LogP contribution is -2.53. The van der Waals surface area contributed by atoms with Gasteiger partial charge in [0.05, 0.1) is 4.90 Å². The molecule has 0 unspecified atom stereocenters. The van der Waals surface area contributed by atoms with Crippen LogP contribution in [0.15, 0.2) is 47.4 Å². The Hall–Kier alpha value is -2.58. The lowest BCUT2D eigenvalue weighted by Gasteiger charge is -2.34. The lowest BCUT2D eigenvalue weighted by molar-refractivity contribution is 0.162. The second kappa shape index (κ2) is 8.84. The number of benzene rings is 2. The van der Waals surface area contributed by atoms with Gasteiger partial charge in [0.2, 0.25) is 10.0 Å². The number of ether oxygens (including phenoxy) is 1. The van der Waals surface area contributed by atoms with Crippen LogP contribution in [0.3, 0.4) is 0 Å². The van der Waals surface area contributed by atoms with E-state index in [1.54, 1.807) is 35.2 Å². The van der Waals surface area contributed by atoms with Gasteiger partial charge in [-0.3, -0.25) is 0 Å². The van der Waals surface area contributed by atoms with Crippen molar-refractivity contribution in [2.45, 2.75) is 25.7 Å². The highest BCUT2D eigenvalue weighted by atomic mass is 32.2. The van der Waals surface area contributed by atoms with Crippen LogP contribution in [-0.2, 0) is 10.0 Å². The van der Waals surface area contributed by atoms with Gasteiger partial charge in [0.25, 0.3) is 0 Å². The summed E-state index contributed by atoms with van der Waals surface area (Å²) in [7, 11) is -3.53. The van der Waals surface area contributed by atoms with Gasteiger partial charge in [-0.1, -0.05) is 30.3 Å². The molecule has 7 nitrogen and oxygen atoms in total. The minimum Gasteiger partial charge on any atom is -0.473 e. The van der Waals surface area contributed by atoms with Gasteiger partial charge in [0.15, 0.2) is 6.73 Å². The third-order valence-corrected chi connectivity index (χ3v) is 7.13. The predicted octanol–water partition coefficient (Wildman–Crippen LogP) is 2.66. The number of nitrogens with zero attached hydrogens (tertiary/aromatic N) is 2. The van der Waals surface area contributed by atoms with Gasteiger partial charge >= 0.3 is 6.03 Å². The maximum atomic E-state index is 12.7. The summed E-state index contributed by atoms with van der Waals surface area (Å²) in [5.41, 5.74) is 3.20. The molecule has 1 aliphatic rings. The Labute approximate surface area is 172 Å². The Morgan fingerprint density at radius 2 is 1.59 bits per heavy atom. The van der Waals surface area contributed by atoms with Crippen LogP contribution in [0, 0.1) is 20.8 Å². The van der Waals surface area contributed by atoms with Crippen LogP contribution in [0.1, 0.15) is 16.7 Å². The molecule has 1 saturated heterocycles. The Morgan fingerprint density at radius 3 is 2.24 bits per heavy atom. The van der Waals surface area contributed by atoms with Gasteiger partial charge in [-0.2, -0.15) is 4.31 Å². The number of nitrogens with one attached hydrogen (secondary N) is 1. The molecule has 0 saturated carbocycles. The largest absolute Gasteiger partial charge is 0.473 e. The number of carbonyl (C=O) groups is 1. The van der Waals surface area contributed by atoms with Crippen molar-refractivity contribution >= 4 is 16.1 Å². The highest BCUT2D eigenvalue weighted by Crippen LogP contribution is 2.25. The Kier molecular flexibility index (Phi) is 6.44. The molecule has 0 spiro atoms. The van der Waals surface area contributed by atoms with E-state index >= 15 is 0 Å². The molecule has 0 radical (unpaired) electrons. The molecule has 156 valence electrons. The van der Waals surface area contributed by atoms with Crippen molar-refractivity contribution < 1.29 is 17.9 Å². The highest BCUT2D eigenvalue weighted by molar-refractivity contribution is 7.89. The fourth-order valence-electron chi connectivity index (χ4n) is 3.30. The maximum Gasteiger partial charge on any atom is 0.320 e. The quantitative estimate of drug-likeness (QED) is 0.759.